The molecule has 1 nitrogen and oxygen atoms in total. The third-order valence-corrected chi connectivity index (χ3v) is 3.53. The number of hydrogen-bond acceptors (Lipinski definition) is 1. The summed E-state index contributed by atoms with van der Waals surface area (Å²) in [5, 5.41) is 4.16. The van der Waals surface area contributed by atoms with E-state index in [2.05, 4.69) is 12.2 Å². The first kappa shape index (κ1) is 14.0. The van der Waals surface area contributed by atoms with Crippen molar-refractivity contribution in [2.45, 2.75) is 26.4 Å². The van der Waals surface area contributed by atoms with Gasteiger partial charge in [0.15, 0.2) is 0 Å². The topological polar surface area (TPSA) is 12.0 Å². The number of nitrogens with one attached hydrogen (secondary N) is 1. The minimum atomic E-state index is -0.211. The van der Waals surface area contributed by atoms with Crippen LogP contribution < -0.4 is 5.32 Å². The summed E-state index contributed by atoms with van der Waals surface area (Å²) in [5.74, 6) is -0.211. The first-order valence-corrected chi connectivity index (χ1v) is 6.68. The van der Waals surface area contributed by atoms with Crippen molar-refractivity contribution in [1.82, 2.24) is 5.32 Å². The molecular formula is C16H17ClFN. The predicted molar refractivity (Wildman–Crippen MR) is 77.8 cm³/mol. The van der Waals surface area contributed by atoms with Gasteiger partial charge < -0.3 is 5.32 Å². The quantitative estimate of drug-likeness (QED) is 0.858. The molecule has 1 unspecified atom stereocenters. The van der Waals surface area contributed by atoms with Crippen LogP contribution >= 0.6 is 11.6 Å². The van der Waals surface area contributed by atoms with Crippen LogP contribution in [0.1, 0.15) is 29.7 Å². The van der Waals surface area contributed by atoms with Crippen molar-refractivity contribution >= 4 is 11.6 Å². The molecule has 19 heavy (non-hydrogen) atoms. The molecule has 0 fully saturated rings. The van der Waals surface area contributed by atoms with Crippen LogP contribution in [0.25, 0.3) is 0 Å². The molecule has 0 radical (unpaired) electrons. The normalized spacial score (nSPS) is 12.4. The van der Waals surface area contributed by atoms with Crippen LogP contribution in [0.5, 0.6) is 0 Å². The van der Waals surface area contributed by atoms with Gasteiger partial charge in [-0.2, -0.15) is 0 Å². The van der Waals surface area contributed by atoms with Gasteiger partial charge in [-0.05, 0) is 48.7 Å². The second kappa shape index (κ2) is 6.18. The fourth-order valence-electron chi connectivity index (χ4n) is 1.93. The molecule has 0 bridgehead atoms. The molecule has 100 valence electrons. The number of rotatable bonds is 4. The van der Waals surface area contributed by atoms with Crippen LogP contribution in [0, 0.1) is 12.7 Å². The smallest absolute Gasteiger partial charge is 0.123 e. The van der Waals surface area contributed by atoms with Gasteiger partial charge in [0, 0.05) is 17.6 Å². The van der Waals surface area contributed by atoms with Crippen LogP contribution in [0.4, 0.5) is 4.39 Å². The van der Waals surface area contributed by atoms with Crippen molar-refractivity contribution in [2.24, 2.45) is 0 Å². The maximum absolute atomic E-state index is 12.9. The Morgan fingerprint density at radius 1 is 1.16 bits per heavy atom. The molecule has 0 saturated carbocycles. The Labute approximate surface area is 118 Å². The minimum absolute atomic E-state index is 0.151. The van der Waals surface area contributed by atoms with Crippen LogP contribution in [0.15, 0.2) is 42.5 Å². The molecule has 0 aromatic heterocycles. The maximum atomic E-state index is 12.9. The summed E-state index contributed by atoms with van der Waals surface area (Å²) in [6.45, 7) is 4.76. The molecule has 0 saturated heterocycles. The van der Waals surface area contributed by atoms with Crippen molar-refractivity contribution in [3.63, 3.8) is 0 Å². The lowest BCUT2D eigenvalue weighted by molar-refractivity contribution is 0.571. The van der Waals surface area contributed by atoms with Crippen molar-refractivity contribution in [2.75, 3.05) is 0 Å². The van der Waals surface area contributed by atoms with Gasteiger partial charge >= 0.3 is 0 Å². The fourth-order valence-corrected chi connectivity index (χ4v) is 2.23. The minimum Gasteiger partial charge on any atom is -0.306 e. The SMILES string of the molecule is Cc1ccc(CNC(C)c2ccc(F)cc2)c(Cl)c1. The summed E-state index contributed by atoms with van der Waals surface area (Å²) < 4.78 is 12.9. The van der Waals surface area contributed by atoms with Crippen LogP contribution in [-0.4, -0.2) is 0 Å². The highest BCUT2D eigenvalue weighted by Gasteiger charge is 2.06. The van der Waals surface area contributed by atoms with Gasteiger partial charge in [0.05, 0.1) is 0 Å². The first-order chi connectivity index (χ1) is 9.06. The Bertz CT molecular complexity index is 551. The second-order valence-corrected chi connectivity index (χ2v) is 5.16. The first-order valence-electron chi connectivity index (χ1n) is 6.30. The van der Waals surface area contributed by atoms with Crippen molar-refractivity contribution in [3.05, 3.63) is 70.0 Å². The van der Waals surface area contributed by atoms with Gasteiger partial charge in [-0.15, -0.1) is 0 Å². The molecule has 1 N–H and O–H groups in total. The average Bonchev–Trinajstić information content (AvgIpc) is 2.38. The molecule has 2 aromatic carbocycles. The van der Waals surface area contributed by atoms with E-state index in [9.17, 15) is 4.39 Å². The van der Waals surface area contributed by atoms with Gasteiger partial charge in [0.2, 0.25) is 0 Å². The van der Waals surface area contributed by atoms with Crippen molar-refractivity contribution < 1.29 is 4.39 Å². The Hall–Kier alpha value is -1.38. The van der Waals surface area contributed by atoms with Crippen LogP contribution in [0.2, 0.25) is 5.02 Å². The van der Waals surface area contributed by atoms with E-state index in [1.807, 2.05) is 25.1 Å². The zero-order valence-electron chi connectivity index (χ0n) is 11.1. The van der Waals surface area contributed by atoms with Gasteiger partial charge in [0.25, 0.3) is 0 Å². The summed E-state index contributed by atoms with van der Waals surface area (Å²) in [6, 6.07) is 12.7. The molecule has 0 aliphatic carbocycles. The third kappa shape index (κ3) is 3.79. The monoisotopic (exact) mass is 277 g/mol. The highest BCUT2D eigenvalue weighted by molar-refractivity contribution is 6.31. The highest BCUT2D eigenvalue weighted by Crippen LogP contribution is 2.19. The Morgan fingerprint density at radius 3 is 2.47 bits per heavy atom. The molecule has 0 aliphatic rings. The molecule has 0 aliphatic heterocycles. The average molecular weight is 278 g/mol. The fraction of sp³-hybridized carbons (Fsp3) is 0.250. The number of hydrogen-bond donors (Lipinski definition) is 1. The molecule has 1 atom stereocenters. The summed E-state index contributed by atoms with van der Waals surface area (Å²) in [4.78, 5) is 0. The van der Waals surface area contributed by atoms with Gasteiger partial charge in [-0.1, -0.05) is 35.9 Å². The Morgan fingerprint density at radius 2 is 1.84 bits per heavy atom. The maximum Gasteiger partial charge on any atom is 0.123 e. The second-order valence-electron chi connectivity index (χ2n) is 4.75. The predicted octanol–water partition coefficient (Wildman–Crippen LogP) is 4.64. The molecule has 0 amide bonds. The lowest BCUT2D eigenvalue weighted by Gasteiger charge is -2.15. The third-order valence-electron chi connectivity index (χ3n) is 3.18. The van der Waals surface area contributed by atoms with Crippen molar-refractivity contribution in [3.8, 4) is 0 Å². The van der Waals surface area contributed by atoms with Crippen LogP contribution in [0.3, 0.4) is 0 Å². The molecule has 3 heteroatoms. The van der Waals surface area contributed by atoms with Gasteiger partial charge in [0.1, 0.15) is 5.82 Å². The standard InChI is InChI=1S/C16H17ClFN/c1-11-3-4-14(16(17)9-11)10-19-12(2)13-5-7-15(18)8-6-13/h3-9,12,19H,10H2,1-2H3. The molecular weight excluding hydrogens is 261 g/mol. The van der Waals surface area contributed by atoms with Gasteiger partial charge in [-0.3, -0.25) is 0 Å². The van der Waals surface area contributed by atoms with E-state index in [1.165, 1.54) is 12.1 Å². The van der Waals surface area contributed by atoms with E-state index in [0.717, 1.165) is 21.7 Å². The zero-order valence-corrected chi connectivity index (χ0v) is 11.8. The van der Waals surface area contributed by atoms with E-state index in [4.69, 9.17) is 11.6 Å². The molecule has 0 heterocycles. The summed E-state index contributed by atoms with van der Waals surface area (Å²) >= 11 is 6.19. The number of halogens is 2. The van der Waals surface area contributed by atoms with E-state index in [1.54, 1.807) is 12.1 Å². The zero-order chi connectivity index (χ0) is 13.8. The summed E-state index contributed by atoms with van der Waals surface area (Å²) in [6.07, 6.45) is 0. The highest BCUT2D eigenvalue weighted by atomic mass is 35.5. The van der Waals surface area contributed by atoms with Gasteiger partial charge in [-0.25, -0.2) is 4.39 Å². The Kier molecular flexibility index (Phi) is 4.56. The summed E-state index contributed by atoms with van der Waals surface area (Å²) in [7, 11) is 0. The van der Waals surface area contributed by atoms with E-state index >= 15 is 0 Å². The van der Waals surface area contributed by atoms with E-state index < -0.39 is 0 Å². The lowest BCUT2D eigenvalue weighted by atomic mass is 10.1. The Balaban J connectivity index is 2.00. The summed E-state index contributed by atoms with van der Waals surface area (Å²) in [5.41, 5.74) is 3.28. The van der Waals surface area contributed by atoms with Crippen LogP contribution in [-0.2, 0) is 6.54 Å². The lowest BCUT2D eigenvalue weighted by Crippen LogP contribution is -2.18. The molecule has 0 spiro atoms. The number of aryl methyl sites for hydroxylation is 1. The molecule has 2 aromatic rings. The van der Waals surface area contributed by atoms with E-state index in [0.29, 0.717) is 6.54 Å². The van der Waals surface area contributed by atoms with Crippen molar-refractivity contribution in [1.29, 1.82) is 0 Å². The molecule has 2 rings (SSSR count). The largest absolute Gasteiger partial charge is 0.306 e. The number of benzene rings is 2. The van der Waals surface area contributed by atoms with E-state index in [-0.39, 0.29) is 11.9 Å².